The quantitative estimate of drug-likeness (QED) is 0.772. The number of morpholine rings is 1. The van der Waals surface area contributed by atoms with Gasteiger partial charge in [-0.15, -0.1) is 0 Å². The summed E-state index contributed by atoms with van der Waals surface area (Å²) in [4.78, 5) is 2.15. The Morgan fingerprint density at radius 1 is 1.37 bits per heavy atom. The van der Waals surface area contributed by atoms with Crippen LogP contribution in [0.2, 0.25) is 0 Å². The van der Waals surface area contributed by atoms with Gasteiger partial charge in [0.1, 0.15) is 0 Å². The molecule has 1 fully saturated rings. The molecule has 0 radical (unpaired) electrons. The minimum absolute atomic E-state index is 0.0276. The van der Waals surface area contributed by atoms with Gasteiger partial charge < -0.3 is 15.4 Å². The third-order valence-corrected chi connectivity index (χ3v) is 4.17. The highest BCUT2D eigenvalue weighted by molar-refractivity contribution is 7.89. The molecule has 1 saturated heterocycles. The third-order valence-electron chi connectivity index (χ3n) is 3.26. The van der Waals surface area contributed by atoms with Crippen LogP contribution in [0.25, 0.3) is 0 Å². The lowest BCUT2D eigenvalue weighted by atomic mass is 10.0. The summed E-state index contributed by atoms with van der Waals surface area (Å²) >= 11 is 0. The number of nitrogens with two attached hydrogens (primary N) is 2. The van der Waals surface area contributed by atoms with Crippen molar-refractivity contribution < 1.29 is 13.2 Å². The summed E-state index contributed by atoms with van der Waals surface area (Å²) in [5.41, 5.74) is 6.99. The number of rotatable bonds is 2. The third kappa shape index (κ3) is 2.83. The highest BCUT2D eigenvalue weighted by Crippen LogP contribution is 2.32. The number of ether oxygens (including phenoxy) is 1. The van der Waals surface area contributed by atoms with E-state index in [4.69, 9.17) is 15.6 Å². The zero-order valence-corrected chi connectivity index (χ0v) is 11.9. The molecular formula is C12H19N3O3S. The molecule has 1 aromatic carbocycles. The molecule has 0 aliphatic carbocycles. The Balaban J connectivity index is 2.41. The molecule has 7 heteroatoms. The Hall–Kier alpha value is -1.31. The second-order valence-electron chi connectivity index (χ2n) is 5.28. The number of primary sulfonamides is 1. The Morgan fingerprint density at radius 3 is 2.58 bits per heavy atom. The van der Waals surface area contributed by atoms with Crippen LogP contribution < -0.4 is 15.8 Å². The van der Waals surface area contributed by atoms with Crippen LogP contribution >= 0.6 is 0 Å². The average Bonchev–Trinajstić information content (AvgIpc) is 2.28. The van der Waals surface area contributed by atoms with Gasteiger partial charge in [-0.1, -0.05) is 0 Å². The molecule has 6 nitrogen and oxygen atoms in total. The van der Waals surface area contributed by atoms with Gasteiger partial charge in [0.15, 0.2) is 0 Å². The van der Waals surface area contributed by atoms with Crippen LogP contribution in [0.15, 0.2) is 23.1 Å². The van der Waals surface area contributed by atoms with Gasteiger partial charge in [-0.25, -0.2) is 13.6 Å². The minimum Gasteiger partial charge on any atom is -0.397 e. The minimum atomic E-state index is -3.72. The Kier molecular flexibility index (Phi) is 3.46. The zero-order chi connectivity index (χ0) is 14.3. The fourth-order valence-corrected chi connectivity index (χ4v) is 2.81. The molecule has 1 aliphatic rings. The SMILES string of the molecule is CC1(C)COCCN1c1ccc(S(N)(=O)=O)cc1N. The number of nitrogen functional groups attached to an aromatic ring is 1. The Labute approximate surface area is 113 Å². The largest absolute Gasteiger partial charge is 0.397 e. The zero-order valence-electron chi connectivity index (χ0n) is 11.1. The van der Waals surface area contributed by atoms with Gasteiger partial charge in [-0.05, 0) is 32.0 Å². The van der Waals surface area contributed by atoms with E-state index in [1.165, 1.54) is 12.1 Å². The first-order chi connectivity index (χ1) is 8.72. The molecule has 0 amide bonds. The Bertz CT molecular complexity index is 584. The van der Waals surface area contributed by atoms with Crippen molar-refractivity contribution in [3.63, 3.8) is 0 Å². The van der Waals surface area contributed by atoms with Crippen LogP contribution in [0.4, 0.5) is 11.4 Å². The molecular weight excluding hydrogens is 266 g/mol. The molecule has 19 heavy (non-hydrogen) atoms. The van der Waals surface area contributed by atoms with Crippen molar-refractivity contribution >= 4 is 21.4 Å². The summed E-state index contributed by atoms with van der Waals surface area (Å²) in [6, 6.07) is 4.57. The molecule has 1 aliphatic heterocycles. The molecule has 106 valence electrons. The fraction of sp³-hybridized carbons (Fsp3) is 0.500. The number of hydrogen-bond acceptors (Lipinski definition) is 5. The van der Waals surface area contributed by atoms with Crippen molar-refractivity contribution in [2.75, 3.05) is 30.4 Å². The molecule has 0 saturated carbocycles. The summed E-state index contributed by atoms with van der Waals surface area (Å²) in [6.45, 7) is 6.05. The molecule has 0 unspecified atom stereocenters. The first kappa shape index (κ1) is 14.1. The van der Waals surface area contributed by atoms with Gasteiger partial charge in [0.05, 0.1) is 35.0 Å². The first-order valence-electron chi connectivity index (χ1n) is 5.99. The van der Waals surface area contributed by atoms with Gasteiger partial charge in [0.2, 0.25) is 10.0 Å². The fourth-order valence-electron chi connectivity index (χ4n) is 2.26. The standard InChI is InChI=1S/C12H19N3O3S/c1-12(2)8-18-6-5-15(12)11-4-3-9(7-10(11)13)19(14,16)17/h3-4,7H,5-6,8,13H2,1-2H3,(H2,14,16,17). The van der Waals surface area contributed by atoms with Crippen molar-refractivity contribution in [1.82, 2.24) is 0 Å². The lowest BCUT2D eigenvalue weighted by Crippen LogP contribution is -2.53. The summed E-state index contributed by atoms with van der Waals surface area (Å²) in [5.74, 6) is 0. The van der Waals surface area contributed by atoms with Gasteiger partial charge in [0.25, 0.3) is 0 Å². The smallest absolute Gasteiger partial charge is 0.238 e. The first-order valence-corrected chi connectivity index (χ1v) is 7.54. The molecule has 4 N–H and O–H groups in total. The van der Waals surface area contributed by atoms with E-state index in [0.29, 0.717) is 25.4 Å². The van der Waals surface area contributed by atoms with Crippen LogP contribution in [0.5, 0.6) is 0 Å². The molecule has 0 spiro atoms. The van der Waals surface area contributed by atoms with Crippen molar-refractivity contribution in [2.24, 2.45) is 5.14 Å². The monoisotopic (exact) mass is 285 g/mol. The van der Waals surface area contributed by atoms with E-state index in [1.807, 2.05) is 0 Å². The van der Waals surface area contributed by atoms with Gasteiger partial charge >= 0.3 is 0 Å². The van der Waals surface area contributed by atoms with Crippen LogP contribution in [0.1, 0.15) is 13.8 Å². The number of anilines is 2. The van der Waals surface area contributed by atoms with Crippen molar-refractivity contribution in [1.29, 1.82) is 0 Å². The maximum Gasteiger partial charge on any atom is 0.238 e. The van der Waals surface area contributed by atoms with E-state index >= 15 is 0 Å². The lowest BCUT2D eigenvalue weighted by molar-refractivity contribution is 0.0645. The second kappa shape index (κ2) is 4.66. The highest BCUT2D eigenvalue weighted by atomic mass is 32.2. The Morgan fingerprint density at radius 2 is 2.05 bits per heavy atom. The molecule has 1 heterocycles. The van der Waals surface area contributed by atoms with Crippen molar-refractivity contribution in [3.8, 4) is 0 Å². The molecule has 0 aromatic heterocycles. The van der Waals surface area contributed by atoms with Crippen LogP contribution in [0, 0.1) is 0 Å². The van der Waals surface area contributed by atoms with E-state index in [9.17, 15) is 8.42 Å². The van der Waals surface area contributed by atoms with Crippen LogP contribution in [-0.2, 0) is 14.8 Å². The van der Waals surface area contributed by atoms with E-state index in [-0.39, 0.29) is 10.4 Å². The topological polar surface area (TPSA) is 98.6 Å². The number of hydrogen-bond donors (Lipinski definition) is 2. The predicted molar refractivity (Wildman–Crippen MR) is 74.5 cm³/mol. The summed E-state index contributed by atoms with van der Waals surface area (Å²) in [6.07, 6.45) is 0. The van der Waals surface area contributed by atoms with Crippen LogP contribution in [0.3, 0.4) is 0 Å². The number of nitrogens with zero attached hydrogens (tertiary/aromatic N) is 1. The molecule has 0 bridgehead atoms. The molecule has 0 atom stereocenters. The van der Waals surface area contributed by atoms with E-state index in [1.54, 1.807) is 6.07 Å². The second-order valence-corrected chi connectivity index (χ2v) is 6.84. The summed E-state index contributed by atoms with van der Waals surface area (Å²) in [7, 11) is -3.72. The molecule has 1 aromatic rings. The maximum atomic E-state index is 11.3. The predicted octanol–water partition coefficient (Wildman–Crippen LogP) is 0.531. The van der Waals surface area contributed by atoms with Gasteiger partial charge in [0, 0.05) is 6.54 Å². The summed E-state index contributed by atoms with van der Waals surface area (Å²) in [5, 5.41) is 5.09. The van der Waals surface area contributed by atoms with Gasteiger partial charge in [-0.2, -0.15) is 0 Å². The highest BCUT2D eigenvalue weighted by Gasteiger charge is 2.31. The van der Waals surface area contributed by atoms with Crippen LogP contribution in [-0.4, -0.2) is 33.7 Å². The average molecular weight is 285 g/mol. The lowest BCUT2D eigenvalue weighted by Gasteiger charge is -2.44. The maximum absolute atomic E-state index is 11.3. The number of benzene rings is 1. The van der Waals surface area contributed by atoms with E-state index < -0.39 is 10.0 Å². The molecule has 2 rings (SSSR count). The van der Waals surface area contributed by atoms with E-state index in [2.05, 4.69) is 18.7 Å². The number of sulfonamides is 1. The van der Waals surface area contributed by atoms with Crippen molar-refractivity contribution in [2.45, 2.75) is 24.3 Å². The van der Waals surface area contributed by atoms with Crippen molar-refractivity contribution in [3.05, 3.63) is 18.2 Å². The summed E-state index contributed by atoms with van der Waals surface area (Å²) < 4.78 is 28.0. The van der Waals surface area contributed by atoms with Gasteiger partial charge in [-0.3, -0.25) is 0 Å². The normalized spacial score (nSPS) is 19.4. The van der Waals surface area contributed by atoms with E-state index in [0.717, 1.165) is 5.69 Å².